The SMILES string of the molecule is C.C[C@@H](O)[C@H](NC(=O)c1ccc(C#Cc2ccc(NC(=O)CN(C)Cc3ccccc3F)cc2)cc1)C(=O)NO. The number of hydrogen-bond donors (Lipinski definition) is 5. The lowest BCUT2D eigenvalue weighted by Crippen LogP contribution is -2.51. The molecule has 3 aromatic carbocycles. The largest absolute Gasteiger partial charge is 0.391 e. The van der Waals surface area contributed by atoms with Crippen molar-refractivity contribution < 1.29 is 29.1 Å². The van der Waals surface area contributed by atoms with Gasteiger partial charge in [0.2, 0.25) is 5.91 Å². The van der Waals surface area contributed by atoms with Crippen molar-refractivity contribution in [3.8, 4) is 11.8 Å². The smallest absolute Gasteiger partial charge is 0.268 e. The molecule has 0 fully saturated rings. The number of benzene rings is 3. The van der Waals surface area contributed by atoms with Crippen molar-refractivity contribution in [1.82, 2.24) is 15.7 Å². The Labute approximate surface area is 233 Å². The molecule has 0 bridgehead atoms. The van der Waals surface area contributed by atoms with Crippen LogP contribution < -0.4 is 16.1 Å². The Bertz CT molecular complexity index is 1370. The summed E-state index contributed by atoms with van der Waals surface area (Å²) in [6, 6.07) is 18.4. The third-order valence-electron chi connectivity index (χ3n) is 5.64. The van der Waals surface area contributed by atoms with E-state index in [1.165, 1.54) is 30.6 Å². The van der Waals surface area contributed by atoms with Crippen LogP contribution in [0.4, 0.5) is 10.1 Å². The molecule has 5 N–H and O–H groups in total. The molecule has 0 saturated heterocycles. The first-order chi connectivity index (χ1) is 18.7. The van der Waals surface area contributed by atoms with Crippen molar-refractivity contribution in [2.75, 3.05) is 18.9 Å². The first-order valence-electron chi connectivity index (χ1n) is 12.0. The second-order valence-electron chi connectivity index (χ2n) is 8.88. The zero-order chi connectivity index (χ0) is 28.4. The van der Waals surface area contributed by atoms with Crippen molar-refractivity contribution in [1.29, 1.82) is 0 Å². The third-order valence-corrected chi connectivity index (χ3v) is 5.64. The highest BCUT2D eigenvalue weighted by Crippen LogP contribution is 2.12. The molecule has 0 radical (unpaired) electrons. The average Bonchev–Trinajstić information content (AvgIpc) is 2.92. The number of nitrogens with one attached hydrogen (secondary N) is 3. The van der Waals surface area contributed by atoms with E-state index in [2.05, 4.69) is 22.5 Å². The zero-order valence-electron chi connectivity index (χ0n) is 21.4. The predicted molar refractivity (Wildman–Crippen MR) is 150 cm³/mol. The Morgan fingerprint density at radius 2 is 1.52 bits per heavy atom. The molecule has 3 aromatic rings. The highest BCUT2D eigenvalue weighted by molar-refractivity contribution is 5.97. The van der Waals surface area contributed by atoms with Crippen molar-refractivity contribution in [3.63, 3.8) is 0 Å². The molecule has 0 saturated carbocycles. The van der Waals surface area contributed by atoms with Gasteiger partial charge in [0.05, 0.1) is 12.6 Å². The fourth-order valence-corrected chi connectivity index (χ4v) is 3.60. The maximum absolute atomic E-state index is 13.8. The van der Waals surface area contributed by atoms with Gasteiger partial charge in [0.25, 0.3) is 11.8 Å². The number of nitrogens with zero attached hydrogens (tertiary/aromatic N) is 1. The van der Waals surface area contributed by atoms with E-state index in [0.717, 1.165) is 0 Å². The van der Waals surface area contributed by atoms with Crippen LogP contribution in [0.15, 0.2) is 72.8 Å². The van der Waals surface area contributed by atoms with Gasteiger partial charge in [0.15, 0.2) is 0 Å². The predicted octanol–water partition coefficient (Wildman–Crippen LogP) is 2.92. The standard InChI is InChI=1S/C29H29FN4O5.CH4/c1-19(35)27(29(38)33-39)32-28(37)22-13-9-20(10-14-22)7-8-21-11-15-24(16-12-21)31-26(36)18-34(2)17-23-5-3-4-6-25(23)30;/h3-6,9-16,19,27,35,39H,17-18H2,1-2H3,(H,31,36)(H,32,37)(H,33,38);1H4/t19-,27+;/m1./s1. The molecule has 40 heavy (non-hydrogen) atoms. The van der Waals surface area contributed by atoms with E-state index < -0.39 is 24.0 Å². The molecule has 3 rings (SSSR count). The molecule has 9 nitrogen and oxygen atoms in total. The molecule has 0 aromatic heterocycles. The van der Waals surface area contributed by atoms with Crippen LogP contribution in [-0.2, 0) is 16.1 Å². The van der Waals surface area contributed by atoms with Crippen molar-refractivity contribution in [3.05, 3.63) is 101 Å². The van der Waals surface area contributed by atoms with Gasteiger partial charge in [0, 0.05) is 34.5 Å². The van der Waals surface area contributed by atoms with E-state index >= 15 is 0 Å². The Balaban J connectivity index is 0.00000560. The van der Waals surface area contributed by atoms with E-state index in [4.69, 9.17) is 5.21 Å². The Kier molecular flexibility index (Phi) is 12.0. The number of likely N-dealkylation sites (N-methyl/N-ethyl adjacent to an activating group) is 1. The summed E-state index contributed by atoms with van der Waals surface area (Å²) in [7, 11) is 1.74. The lowest BCUT2D eigenvalue weighted by molar-refractivity contribution is -0.133. The summed E-state index contributed by atoms with van der Waals surface area (Å²) in [5.74, 6) is 3.92. The summed E-state index contributed by atoms with van der Waals surface area (Å²) in [5, 5.41) is 23.6. The molecular weight excluding hydrogens is 515 g/mol. The van der Waals surface area contributed by atoms with Gasteiger partial charge in [-0.05, 0) is 68.6 Å². The number of carbonyl (C=O) groups excluding carboxylic acids is 3. The fraction of sp³-hybridized carbons (Fsp3) is 0.233. The summed E-state index contributed by atoms with van der Waals surface area (Å²) in [5.41, 5.74) is 4.13. The van der Waals surface area contributed by atoms with Crippen LogP contribution in [0, 0.1) is 17.7 Å². The molecule has 0 aliphatic carbocycles. The number of rotatable bonds is 9. The quantitative estimate of drug-likeness (QED) is 0.159. The van der Waals surface area contributed by atoms with Crippen molar-refractivity contribution >= 4 is 23.4 Å². The molecule has 3 amide bonds. The van der Waals surface area contributed by atoms with E-state index in [0.29, 0.717) is 28.9 Å². The topological polar surface area (TPSA) is 131 Å². The summed E-state index contributed by atoms with van der Waals surface area (Å²) >= 11 is 0. The highest BCUT2D eigenvalue weighted by Gasteiger charge is 2.25. The maximum Gasteiger partial charge on any atom is 0.268 e. The second-order valence-corrected chi connectivity index (χ2v) is 8.88. The highest BCUT2D eigenvalue weighted by atomic mass is 19.1. The van der Waals surface area contributed by atoms with Gasteiger partial charge in [-0.1, -0.05) is 37.5 Å². The van der Waals surface area contributed by atoms with Crippen LogP contribution >= 0.6 is 0 Å². The van der Waals surface area contributed by atoms with Crippen LogP contribution in [0.25, 0.3) is 0 Å². The van der Waals surface area contributed by atoms with Gasteiger partial charge in [0.1, 0.15) is 11.9 Å². The number of amides is 3. The minimum atomic E-state index is -1.31. The molecule has 2 atom stereocenters. The van der Waals surface area contributed by atoms with Crippen molar-refractivity contribution in [2.45, 2.75) is 33.0 Å². The van der Waals surface area contributed by atoms with Gasteiger partial charge in [-0.15, -0.1) is 0 Å². The second kappa shape index (κ2) is 15.1. The van der Waals surface area contributed by atoms with Crippen LogP contribution in [0.2, 0.25) is 0 Å². The van der Waals surface area contributed by atoms with Crippen LogP contribution in [0.5, 0.6) is 0 Å². The lowest BCUT2D eigenvalue weighted by Gasteiger charge is -2.19. The zero-order valence-corrected chi connectivity index (χ0v) is 21.4. The number of hydroxylamine groups is 1. The maximum atomic E-state index is 13.8. The van der Waals surface area contributed by atoms with Gasteiger partial charge < -0.3 is 15.7 Å². The first-order valence-corrected chi connectivity index (χ1v) is 12.0. The molecule has 0 unspecified atom stereocenters. The average molecular weight is 549 g/mol. The minimum Gasteiger partial charge on any atom is -0.391 e. The Morgan fingerprint density at radius 1 is 0.950 bits per heavy atom. The van der Waals surface area contributed by atoms with Gasteiger partial charge in [-0.25, -0.2) is 9.87 Å². The molecule has 0 aliphatic heterocycles. The monoisotopic (exact) mass is 548 g/mol. The van der Waals surface area contributed by atoms with Gasteiger partial charge in [-0.3, -0.25) is 24.5 Å². The lowest BCUT2D eigenvalue weighted by atomic mass is 10.1. The number of aliphatic hydroxyl groups is 1. The van der Waals surface area contributed by atoms with Crippen molar-refractivity contribution in [2.24, 2.45) is 0 Å². The Hall–Kier alpha value is -4.56. The molecule has 0 spiro atoms. The van der Waals surface area contributed by atoms with E-state index in [1.807, 2.05) is 0 Å². The molecule has 0 heterocycles. The summed E-state index contributed by atoms with van der Waals surface area (Å²) in [6.45, 7) is 1.72. The molecule has 210 valence electrons. The summed E-state index contributed by atoms with van der Waals surface area (Å²) in [6.07, 6.45) is -1.21. The number of anilines is 1. The van der Waals surface area contributed by atoms with Gasteiger partial charge in [-0.2, -0.15) is 0 Å². The summed E-state index contributed by atoms with van der Waals surface area (Å²) in [4.78, 5) is 38.0. The summed E-state index contributed by atoms with van der Waals surface area (Å²) < 4.78 is 13.8. The fourth-order valence-electron chi connectivity index (χ4n) is 3.60. The molecular formula is C30H33FN4O5. The number of hydrogen-bond acceptors (Lipinski definition) is 6. The normalized spacial score (nSPS) is 11.8. The minimum absolute atomic E-state index is 0. The third kappa shape index (κ3) is 9.32. The Morgan fingerprint density at radius 3 is 2.08 bits per heavy atom. The van der Waals surface area contributed by atoms with Crippen LogP contribution in [0.1, 0.15) is 41.4 Å². The molecule has 10 heteroatoms. The number of carbonyl (C=O) groups is 3. The van der Waals surface area contributed by atoms with Gasteiger partial charge >= 0.3 is 0 Å². The number of halogens is 1. The number of aliphatic hydroxyl groups excluding tert-OH is 1. The van der Waals surface area contributed by atoms with E-state index in [9.17, 15) is 23.9 Å². The van der Waals surface area contributed by atoms with E-state index in [1.54, 1.807) is 66.5 Å². The van der Waals surface area contributed by atoms with E-state index in [-0.39, 0.29) is 31.3 Å². The van der Waals surface area contributed by atoms with Crippen LogP contribution in [-0.4, -0.2) is 58.7 Å². The molecule has 0 aliphatic rings. The van der Waals surface area contributed by atoms with Crippen LogP contribution in [0.3, 0.4) is 0 Å². The first kappa shape index (κ1) is 31.7.